The zero-order valence-electron chi connectivity index (χ0n) is 18.2. The molecule has 9 heteroatoms. The quantitative estimate of drug-likeness (QED) is 0.609. The molecule has 1 aromatic carbocycles. The number of carbonyl (C=O) groups is 2. The van der Waals surface area contributed by atoms with Crippen molar-refractivity contribution in [1.82, 2.24) is 4.57 Å². The maximum absolute atomic E-state index is 14.0. The Morgan fingerprint density at radius 1 is 1.18 bits per heavy atom. The van der Waals surface area contributed by atoms with Gasteiger partial charge in [-0.15, -0.1) is 0 Å². The largest absolute Gasteiger partial charge is 0.467 e. The molecule has 0 bridgehead atoms. The lowest BCUT2D eigenvalue weighted by molar-refractivity contribution is -0.138. The molecule has 1 atom stereocenters. The molecule has 2 aromatic heterocycles. The highest BCUT2D eigenvalue weighted by molar-refractivity contribution is 6.18. The summed E-state index contributed by atoms with van der Waals surface area (Å²) in [7, 11) is 2.77. The van der Waals surface area contributed by atoms with Gasteiger partial charge < -0.3 is 29.1 Å². The van der Waals surface area contributed by atoms with Crippen LogP contribution in [0.25, 0.3) is 0 Å². The fourth-order valence-electron chi connectivity index (χ4n) is 4.80. The molecule has 0 saturated carbocycles. The number of likely N-dealkylation sites (N-methyl/N-ethyl adjacent to an activating group) is 1. The SMILES string of the molecule is COC(=O)C1=C(N)Oc2cc(C)n(Cc3ccco3)c(=O)c2[C@@]12C(=O)N(C)c1ccccc12. The van der Waals surface area contributed by atoms with E-state index in [0.29, 0.717) is 22.7 Å². The number of para-hydroxylation sites is 1. The molecule has 0 radical (unpaired) electrons. The van der Waals surface area contributed by atoms with Crippen LogP contribution in [0.5, 0.6) is 5.75 Å². The van der Waals surface area contributed by atoms with Crippen molar-refractivity contribution in [3.63, 3.8) is 0 Å². The standard InChI is InChI=1S/C24H21N3O6/c1-13-11-17-18(21(28)27(13)12-14-7-6-10-32-14)24(19(20(25)33-17)22(29)31-3)15-8-4-5-9-16(15)26(2)23(24)30/h4-11H,12,25H2,1-3H3/t24-/m1/s1. The van der Waals surface area contributed by atoms with E-state index in [4.69, 9.17) is 19.6 Å². The molecule has 2 aliphatic rings. The Morgan fingerprint density at radius 3 is 2.64 bits per heavy atom. The number of hydrogen-bond acceptors (Lipinski definition) is 7. The minimum atomic E-state index is -1.81. The van der Waals surface area contributed by atoms with Gasteiger partial charge in [-0.3, -0.25) is 9.59 Å². The van der Waals surface area contributed by atoms with Gasteiger partial charge in [-0.25, -0.2) is 4.79 Å². The normalized spacial score (nSPS) is 18.9. The fraction of sp³-hybridized carbons (Fsp3) is 0.208. The number of furan rings is 1. The van der Waals surface area contributed by atoms with Crippen molar-refractivity contribution >= 4 is 17.6 Å². The van der Waals surface area contributed by atoms with Gasteiger partial charge in [0.25, 0.3) is 5.56 Å². The number of amides is 1. The van der Waals surface area contributed by atoms with Crippen LogP contribution in [0.2, 0.25) is 0 Å². The lowest BCUT2D eigenvalue weighted by Gasteiger charge is -2.35. The summed E-state index contributed by atoms with van der Waals surface area (Å²) >= 11 is 0. The number of anilines is 1. The highest BCUT2D eigenvalue weighted by Crippen LogP contribution is 2.54. The number of nitrogens with zero attached hydrogens (tertiary/aromatic N) is 2. The Morgan fingerprint density at radius 2 is 1.94 bits per heavy atom. The van der Waals surface area contributed by atoms with Gasteiger partial charge in [-0.2, -0.15) is 0 Å². The topological polar surface area (TPSA) is 117 Å². The Hall–Kier alpha value is -4.27. The maximum atomic E-state index is 14.0. The minimum Gasteiger partial charge on any atom is -0.467 e. The zero-order chi connectivity index (χ0) is 23.5. The average molecular weight is 447 g/mol. The number of hydrogen-bond donors (Lipinski definition) is 1. The van der Waals surface area contributed by atoms with Gasteiger partial charge in [0, 0.05) is 30.1 Å². The maximum Gasteiger partial charge on any atom is 0.340 e. The number of fused-ring (bicyclic) bond motifs is 4. The molecule has 0 saturated heterocycles. The van der Waals surface area contributed by atoms with Crippen molar-refractivity contribution in [2.45, 2.75) is 18.9 Å². The third-order valence-corrected chi connectivity index (χ3v) is 6.27. The number of rotatable bonds is 3. The number of esters is 1. The Bertz CT molecular complexity index is 1400. The Kier molecular flexibility index (Phi) is 4.45. The lowest BCUT2D eigenvalue weighted by Crippen LogP contribution is -2.51. The summed E-state index contributed by atoms with van der Waals surface area (Å²) in [4.78, 5) is 42.4. The molecular weight excluding hydrogens is 426 g/mol. The highest BCUT2D eigenvalue weighted by Gasteiger charge is 2.61. The second kappa shape index (κ2) is 7.13. The summed E-state index contributed by atoms with van der Waals surface area (Å²) in [6.07, 6.45) is 1.52. The number of nitrogens with two attached hydrogens (primary N) is 1. The fourth-order valence-corrected chi connectivity index (χ4v) is 4.80. The van der Waals surface area contributed by atoms with Crippen molar-refractivity contribution < 1.29 is 23.5 Å². The molecule has 3 aromatic rings. The summed E-state index contributed by atoms with van der Waals surface area (Å²) in [5.74, 6) is -0.951. The third-order valence-electron chi connectivity index (χ3n) is 6.27. The van der Waals surface area contributed by atoms with Crippen LogP contribution in [0.3, 0.4) is 0 Å². The second-order valence-corrected chi connectivity index (χ2v) is 7.96. The van der Waals surface area contributed by atoms with Crippen LogP contribution in [-0.4, -0.2) is 30.6 Å². The third kappa shape index (κ3) is 2.62. The number of benzene rings is 1. The van der Waals surface area contributed by atoms with Gasteiger partial charge in [-0.05, 0) is 25.1 Å². The van der Waals surface area contributed by atoms with E-state index < -0.39 is 22.9 Å². The number of aryl methyl sites for hydroxylation is 1. The van der Waals surface area contributed by atoms with Crippen LogP contribution in [0.15, 0.2) is 69.4 Å². The van der Waals surface area contributed by atoms with E-state index in [1.807, 2.05) is 0 Å². The number of ether oxygens (including phenoxy) is 2. The molecule has 2 N–H and O–H groups in total. The Labute approximate surface area is 188 Å². The van der Waals surface area contributed by atoms with E-state index in [2.05, 4.69) is 0 Å². The summed E-state index contributed by atoms with van der Waals surface area (Å²) < 4.78 is 17.6. The second-order valence-electron chi connectivity index (χ2n) is 7.96. The highest BCUT2D eigenvalue weighted by atomic mass is 16.5. The molecule has 2 aliphatic heterocycles. The summed E-state index contributed by atoms with van der Waals surface area (Å²) in [5.41, 5.74) is 5.27. The number of pyridine rings is 1. The molecule has 1 spiro atoms. The van der Waals surface area contributed by atoms with Gasteiger partial charge in [0.05, 0.1) is 25.5 Å². The molecule has 0 aliphatic carbocycles. The first-order valence-corrected chi connectivity index (χ1v) is 10.2. The van der Waals surface area contributed by atoms with E-state index in [9.17, 15) is 14.4 Å². The molecule has 1 amide bonds. The number of aromatic nitrogens is 1. The first-order chi connectivity index (χ1) is 15.8. The van der Waals surface area contributed by atoms with Gasteiger partial charge >= 0.3 is 5.97 Å². The van der Waals surface area contributed by atoms with Crippen LogP contribution >= 0.6 is 0 Å². The van der Waals surface area contributed by atoms with E-state index in [-0.39, 0.29) is 29.3 Å². The molecule has 33 heavy (non-hydrogen) atoms. The first kappa shape index (κ1) is 20.6. The van der Waals surface area contributed by atoms with Crippen molar-refractivity contribution in [3.8, 4) is 5.75 Å². The Balaban J connectivity index is 1.90. The molecule has 168 valence electrons. The van der Waals surface area contributed by atoms with Crippen LogP contribution in [-0.2, 0) is 26.3 Å². The van der Waals surface area contributed by atoms with Crippen LogP contribution in [0.4, 0.5) is 5.69 Å². The van der Waals surface area contributed by atoms with E-state index in [1.54, 1.807) is 56.4 Å². The molecular formula is C24H21N3O6. The summed E-state index contributed by atoms with van der Waals surface area (Å²) in [6.45, 7) is 1.88. The average Bonchev–Trinajstić information content (AvgIpc) is 3.39. The molecule has 5 rings (SSSR count). The van der Waals surface area contributed by atoms with Crippen molar-refractivity contribution in [1.29, 1.82) is 0 Å². The molecule has 0 unspecified atom stereocenters. The van der Waals surface area contributed by atoms with E-state index in [1.165, 1.54) is 22.8 Å². The van der Waals surface area contributed by atoms with Gasteiger partial charge in [0.15, 0.2) is 0 Å². The lowest BCUT2D eigenvalue weighted by atomic mass is 9.68. The summed E-state index contributed by atoms with van der Waals surface area (Å²) in [6, 6.07) is 12.1. The van der Waals surface area contributed by atoms with E-state index >= 15 is 0 Å². The number of carbonyl (C=O) groups excluding carboxylic acids is 2. The van der Waals surface area contributed by atoms with Gasteiger partial charge in [0.2, 0.25) is 11.8 Å². The van der Waals surface area contributed by atoms with Crippen molar-refractivity contribution in [2.24, 2.45) is 5.73 Å². The molecule has 9 nitrogen and oxygen atoms in total. The van der Waals surface area contributed by atoms with Crippen molar-refractivity contribution in [2.75, 3.05) is 19.1 Å². The minimum absolute atomic E-state index is 0.0102. The predicted molar refractivity (Wildman–Crippen MR) is 118 cm³/mol. The number of methoxy groups -OCH3 is 1. The van der Waals surface area contributed by atoms with Gasteiger partial charge in [-0.1, -0.05) is 18.2 Å². The van der Waals surface area contributed by atoms with Gasteiger partial charge in [0.1, 0.15) is 22.5 Å². The van der Waals surface area contributed by atoms with Crippen LogP contribution in [0.1, 0.15) is 22.6 Å². The zero-order valence-corrected chi connectivity index (χ0v) is 18.2. The molecule has 4 heterocycles. The van der Waals surface area contributed by atoms with E-state index in [0.717, 1.165) is 0 Å². The predicted octanol–water partition coefficient (Wildman–Crippen LogP) is 1.80. The smallest absolute Gasteiger partial charge is 0.340 e. The molecule has 0 fully saturated rings. The summed E-state index contributed by atoms with van der Waals surface area (Å²) in [5, 5.41) is 0. The van der Waals surface area contributed by atoms with Crippen LogP contribution in [0, 0.1) is 6.92 Å². The monoisotopic (exact) mass is 447 g/mol. The first-order valence-electron chi connectivity index (χ1n) is 10.2. The van der Waals surface area contributed by atoms with Crippen molar-refractivity contribution in [3.05, 3.63) is 93.1 Å². The van der Waals surface area contributed by atoms with Crippen LogP contribution < -0.4 is 20.9 Å².